The Labute approximate surface area is 155 Å². The van der Waals surface area contributed by atoms with Crippen molar-refractivity contribution in [2.24, 2.45) is 11.8 Å². The second-order valence-corrected chi connectivity index (χ2v) is 7.41. The van der Waals surface area contributed by atoms with E-state index in [4.69, 9.17) is 0 Å². The number of nitrogens with zero attached hydrogens (tertiary/aromatic N) is 1. The van der Waals surface area contributed by atoms with Gasteiger partial charge in [0.05, 0.1) is 23.5 Å². The third-order valence-electron chi connectivity index (χ3n) is 4.49. The van der Waals surface area contributed by atoms with Crippen LogP contribution in [0, 0.1) is 11.8 Å². The van der Waals surface area contributed by atoms with Crippen LogP contribution in [0.25, 0.3) is 0 Å². The average Bonchev–Trinajstić information content (AvgIpc) is 2.58. The van der Waals surface area contributed by atoms with Crippen LogP contribution in [0.4, 0.5) is 0 Å². The molecule has 1 aliphatic rings. The molecule has 1 aromatic heterocycles. The van der Waals surface area contributed by atoms with Crippen molar-refractivity contribution in [3.05, 3.63) is 29.6 Å². The summed E-state index contributed by atoms with van der Waals surface area (Å²) in [6.07, 6.45) is 0. The predicted octanol–water partition coefficient (Wildman–Crippen LogP) is 0.556. The fourth-order valence-corrected chi connectivity index (χ4v) is 3.01. The van der Waals surface area contributed by atoms with Crippen molar-refractivity contribution in [3.8, 4) is 0 Å². The number of hydrogen-bond acceptors (Lipinski definition) is 5. The SMILES string of the molecule is CC(C)[C@@H]1NCc2cccc(n2)CN[C@@H](C(C)C)C(=O)NCCNC1=O. The van der Waals surface area contributed by atoms with E-state index in [1.54, 1.807) is 0 Å². The molecule has 26 heavy (non-hydrogen) atoms. The summed E-state index contributed by atoms with van der Waals surface area (Å²) in [6.45, 7) is 9.90. The summed E-state index contributed by atoms with van der Waals surface area (Å²) in [6, 6.07) is 5.23. The number of carbonyl (C=O) groups excluding carboxylic acids is 2. The number of fused-ring (bicyclic) bond motifs is 2. The molecular weight excluding hydrogens is 330 g/mol. The van der Waals surface area contributed by atoms with Gasteiger partial charge in [0.15, 0.2) is 0 Å². The lowest BCUT2D eigenvalue weighted by Crippen LogP contribution is -2.50. The molecule has 1 aliphatic heterocycles. The molecule has 7 heteroatoms. The number of amides is 2. The van der Waals surface area contributed by atoms with Gasteiger partial charge in [0.25, 0.3) is 0 Å². The zero-order chi connectivity index (χ0) is 19.1. The highest BCUT2D eigenvalue weighted by molar-refractivity contribution is 5.83. The molecule has 2 bridgehead atoms. The Hall–Kier alpha value is -1.99. The highest BCUT2D eigenvalue weighted by atomic mass is 16.2. The average molecular weight is 361 g/mol. The monoisotopic (exact) mass is 361 g/mol. The van der Waals surface area contributed by atoms with Crippen LogP contribution in [0.2, 0.25) is 0 Å². The number of pyridine rings is 1. The maximum absolute atomic E-state index is 12.5. The molecule has 0 aromatic carbocycles. The first kappa shape index (κ1) is 20.3. The van der Waals surface area contributed by atoms with Gasteiger partial charge >= 0.3 is 0 Å². The van der Waals surface area contributed by atoms with E-state index in [0.29, 0.717) is 26.2 Å². The minimum atomic E-state index is -0.303. The number of aromatic nitrogens is 1. The van der Waals surface area contributed by atoms with E-state index >= 15 is 0 Å². The van der Waals surface area contributed by atoms with Crippen molar-refractivity contribution < 1.29 is 9.59 Å². The second kappa shape index (κ2) is 9.64. The Bertz CT molecular complexity index is 568. The molecule has 2 atom stereocenters. The molecule has 0 spiro atoms. The smallest absolute Gasteiger partial charge is 0.237 e. The van der Waals surface area contributed by atoms with Crippen LogP contribution in [0.5, 0.6) is 0 Å². The lowest BCUT2D eigenvalue weighted by molar-refractivity contribution is -0.126. The van der Waals surface area contributed by atoms with E-state index in [-0.39, 0.29) is 35.7 Å². The van der Waals surface area contributed by atoms with Gasteiger partial charge in [0.1, 0.15) is 0 Å². The standard InChI is InChI=1S/C19H31N5O2/c1-12(2)16-18(25)20-8-9-21-19(26)17(13(3)4)23-11-15-7-5-6-14(24-15)10-22-16/h5-7,12-13,16-17,22-23H,8-11H2,1-4H3,(H,20,25)(H,21,26)/t16-,17-/m0/s1. The van der Waals surface area contributed by atoms with E-state index < -0.39 is 0 Å². The van der Waals surface area contributed by atoms with Crippen molar-refractivity contribution in [3.63, 3.8) is 0 Å². The molecular formula is C19H31N5O2. The van der Waals surface area contributed by atoms with Gasteiger partial charge in [-0.3, -0.25) is 25.2 Å². The highest BCUT2D eigenvalue weighted by Crippen LogP contribution is 2.07. The summed E-state index contributed by atoms with van der Waals surface area (Å²) in [4.78, 5) is 29.5. The molecule has 2 amide bonds. The van der Waals surface area contributed by atoms with Crippen LogP contribution >= 0.6 is 0 Å². The molecule has 0 unspecified atom stereocenters. The third kappa shape index (κ3) is 5.78. The van der Waals surface area contributed by atoms with Gasteiger partial charge in [-0.1, -0.05) is 33.8 Å². The van der Waals surface area contributed by atoms with E-state index in [1.807, 2.05) is 45.9 Å². The summed E-state index contributed by atoms with van der Waals surface area (Å²) in [5.41, 5.74) is 1.76. The first-order valence-corrected chi connectivity index (χ1v) is 9.35. The summed E-state index contributed by atoms with van der Waals surface area (Å²) in [5, 5.41) is 12.4. The van der Waals surface area contributed by atoms with Gasteiger partial charge in [-0.2, -0.15) is 0 Å². The Balaban J connectivity index is 2.19. The summed E-state index contributed by atoms with van der Waals surface area (Å²) in [5.74, 6) is 0.184. The van der Waals surface area contributed by atoms with E-state index in [9.17, 15) is 9.59 Å². The normalized spacial score (nSPS) is 23.2. The lowest BCUT2D eigenvalue weighted by Gasteiger charge is -2.22. The van der Waals surface area contributed by atoms with E-state index in [1.165, 1.54) is 0 Å². The topological polar surface area (TPSA) is 95.2 Å². The Kier molecular flexibility index (Phi) is 7.53. The Morgan fingerprint density at radius 1 is 0.846 bits per heavy atom. The first-order chi connectivity index (χ1) is 12.4. The quantitative estimate of drug-likeness (QED) is 0.617. The molecule has 144 valence electrons. The second-order valence-electron chi connectivity index (χ2n) is 7.41. The zero-order valence-corrected chi connectivity index (χ0v) is 16.1. The molecule has 2 heterocycles. The van der Waals surface area contributed by atoms with Gasteiger partial charge < -0.3 is 10.6 Å². The highest BCUT2D eigenvalue weighted by Gasteiger charge is 2.23. The Morgan fingerprint density at radius 3 is 1.65 bits per heavy atom. The number of rotatable bonds is 2. The van der Waals surface area contributed by atoms with Gasteiger partial charge in [0, 0.05) is 26.2 Å². The summed E-state index contributed by atoms with van der Waals surface area (Å²) < 4.78 is 0. The number of carbonyl (C=O) groups is 2. The number of nitrogens with one attached hydrogen (secondary N) is 4. The number of hydrogen-bond donors (Lipinski definition) is 4. The minimum Gasteiger partial charge on any atom is -0.353 e. The Morgan fingerprint density at radius 2 is 1.27 bits per heavy atom. The molecule has 2 rings (SSSR count). The largest absolute Gasteiger partial charge is 0.353 e. The molecule has 0 aliphatic carbocycles. The maximum atomic E-state index is 12.5. The summed E-state index contributed by atoms with van der Waals surface area (Å²) in [7, 11) is 0. The first-order valence-electron chi connectivity index (χ1n) is 9.35. The van der Waals surface area contributed by atoms with Crippen LogP contribution in [-0.2, 0) is 22.7 Å². The minimum absolute atomic E-state index is 0.0567. The van der Waals surface area contributed by atoms with Crippen LogP contribution < -0.4 is 21.3 Å². The maximum Gasteiger partial charge on any atom is 0.237 e. The molecule has 4 N–H and O–H groups in total. The van der Waals surface area contributed by atoms with Crippen molar-refractivity contribution >= 4 is 11.8 Å². The van der Waals surface area contributed by atoms with Crippen LogP contribution in [0.1, 0.15) is 39.1 Å². The lowest BCUT2D eigenvalue weighted by atomic mass is 10.0. The zero-order valence-electron chi connectivity index (χ0n) is 16.1. The van der Waals surface area contributed by atoms with Gasteiger partial charge in [-0.05, 0) is 24.0 Å². The van der Waals surface area contributed by atoms with Crippen LogP contribution in [0.15, 0.2) is 18.2 Å². The van der Waals surface area contributed by atoms with Gasteiger partial charge in [-0.15, -0.1) is 0 Å². The fourth-order valence-electron chi connectivity index (χ4n) is 3.01. The fraction of sp³-hybridized carbons (Fsp3) is 0.632. The van der Waals surface area contributed by atoms with Crippen molar-refractivity contribution in [1.82, 2.24) is 26.3 Å². The van der Waals surface area contributed by atoms with E-state index in [0.717, 1.165) is 11.4 Å². The molecule has 0 fully saturated rings. The van der Waals surface area contributed by atoms with E-state index in [2.05, 4.69) is 26.3 Å². The molecule has 0 saturated heterocycles. The molecule has 1 aromatic rings. The van der Waals surface area contributed by atoms with Crippen LogP contribution in [-0.4, -0.2) is 42.0 Å². The predicted molar refractivity (Wildman–Crippen MR) is 101 cm³/mol. The molecule has 0 radical (unpaired) electrons. The van der Waals surface area contributed by atoms with Crippen LogP contribution in [0.3, 0.4) is 0 Å². The van der Waals surface area contributed by atoms with Crippen molar-refractivity contribution in [2.45, 2.75) is 52.9 Å². The third-order valence-corrected chi connectivity index (χ3v) is 4.49. The van der Waals surface area contributed by atoms with Crippen molar-refractivity contribution in [2.75, 3.05) is 13.1 Å². The van der Waals surface area contributed by atoms with Crippen molar-refractivity contribution in [1.29, 1.82) is 0 Å². The summed E-state index contributed by atoms with van der Waals surface area (Å²) >= 11 is 0. The molecule has 0 saturated carbocycles. The van der Waals surface area contributed by atoms with Gasteiger partial charge in [-0.25, -0.2) is 0 Å². The molecule has 7 nitrogen and oxygen atoms in total. The van der Waals surface area contributed by atoms with Gasteiger partial charge in [0.2, 0.25) is 11.8 Å².